The summed E-state index contributed by atoms with van der Waals surface area (Å²) in [5.74, 6) is -0.478. The number of aliphatic hydroxyl groups excluding tert-OH is 1. The Labute approximate surface area is 118 Å². The van der Waals surface area contributed by atoms with Crippen LogP contribution in [0.15, 0.2) is 18.2 Å². The lowest BCUT2D eigenvalue weighted by atomic mass is 9.87. The standard InChI is InChI=1S/C14H20ClNO3/c1-9(17)7-14(2,3)8-16-13(19)11-6-10(15)4-5-12(11)18/h4-6,9,17-18H,7-8H2,1-3H3,(H,16,19). The number of phenols is 1. The summed E-state index contributed by atoms with van der Waals surface area (Å²) in [6, 6.07) is 4.33. The SMILES string of the molecule is CC(O)CC(C)(C)CNC(=O)c1cc(Cl)ccc1O. The number of carbonyl (C=O) groups excluding carboxylic acids is 1. The summed E-state index contributed by atoms with van der Waals surface area (Å²) in [4.78, 5) is 12.0. The van der Waals surface area contributed by atoms with Gasteiger partial charge in [-0.2, -0.15) is 0 Å². The number of rotatable bonds is 5. The van der Waals surface area contributed by atoms with E-state index in [1.807, 2.05) is 13.8 Å². The smallest absolute Gasteiger partial charge is 0.255 e. The van der Waals surface area contributed by atoms with Crippen molar-refractivity contribution in [1.29, 1.82) is 0 Å². The molecule has 0 radical (unpaired) electrons. The maximum absolute atomic E-state index is 12.0. The highest BCUT2D eigenvalue weighted by Crippen LogP contribution is 2.23. The summed E-state index contributed by atoms with van der Waals surface area (Å²) in [6.45, 7) is 6.03. The zero-order valence-electron chi connectivity index (χ0n) is 11.4. The van der Waals surface area contributed by atoms with Crippen LogP contribution < -0.4 is 5.32 Å². The minimum atomic E-state index is -0.425. The summed E-state index contributed by atoms with van der Waals surface area (Å²) >= 11 is 5.80. The average molecular weight is 286 g/mol. The summed E-state index contributed by atoms with van der Waals surface area (Å²) in [6.07, 6.45) is 0.154. The number of benzene rings is 1. The first kappa shape index (κ1) is 15.8. The molecule has 0 aliphatic rings. The quantitative estimate of drug-likeness (QED) is 0.779. The maximum atomic E-state index is 12.0. The molecule has 0 aliphatic carbocycles. The van der Waals surface area contributed by atoms with Gasteiger partial charge in [-0.3, -0.25) is 4.79 Å². The van der Waals surface area contributed by atoms with Crippen molar-refractivity contribution in [3.8, 4) is 5.75 Å². The molecule has 0 bridgehead atoms. The van der Waals surface area contributed by atoms with E-state index in [9.17, 15) is 15.0 Å². The zero-order chi connectivity index (χ0) is 14.6. The molecule has 1 unspecified atom stereocenters. The predicted octanol–water partition coefficient (Wildman–Crippen LogP) is 2.57. The topological polar surface area (TPSA) is 69.6 Å². The molecule has 0 aromatic heterocycles. The molecule has 1 rings (SSSR count). The summed E-state index contributed by atoms with van der Waals surface area (Å²) in [5, 5.41) is 22.1. The molecule has 0 spiro atoms. The van der Waals surface area contributed by atoms with Gasteiger partial charge in [-0.15, -0.1) is 0 Å². The Balaban J connectivity index is 2.68. The van der Waals surface area contributed by atoms with Crippen LogP contribution in [0.2, 0.25) is 5.02 Å². The maximum Gasteiger partial charge on any atom is 0.255 e. The Kier molecular flexibility index (Phi) is 5.20. The largest absolute Gasteiger partial charge is 0.507 e. The van der Waals surface area contributed by atoms with Crippen molar-refractivity contribution in [3.63, 3.8) is 0 Å². The Morgan fingerprint density at radius 3 is 2.68 bits per heavy atom. The number of hydrogen-bond acceptors (Lipinski definition) is 3. The van der Waals surface area contributed by atoms with Gasteiger partial charge in [0.1, 0.15) is 5.75 Å². The fourth-order valence-electron chi connectivity index (χ4n) is 1.98. The number of halogens is 1. The van der Waals surface area contributed by atoms with Gasteiger partial charge in [-0.05, 0) is 37.0 Å². The van der Waals surface area contributed by atoms with Gasteiger partial charge in [0.15, 0.2) is 0 Å². The van der Waals surface area contributed by atoms with Crippen LogP contribution in [-0.2, 0) is 0 Å². The third-order valence-electron chi connectivity index (χ3n) is 2.78. The minimum Gasteiger partial charge on any atom is -0.507 e. The van der Waals surface area contributed by atoms with Crippen LogP contribution in [-0.4, -0.2) is 28.8 Å². The minimum absolute atomic E-state index is 0.102. The Morgan fingerprint density at radius 2 is 2.11 bits per heavy atom. The van der Waals surface area contributed by atoms with E-state index in [4.69, 9.17) is 11.6 Å². The second-order valence-corrected chi connectivity index (χ2v) is 6.00. The van der Waals surface area contributed by atoms with Gasteiger partial charge in [0.2, 0.25) is 0 Å². The summed E-state index contributed by atoms with van der Waals surface area (Å²) < 4.78 is 0. The van der Waals surface area contributed by atoms with E-state index in [0.717, 1.165) is 0 Å². The van der Waals surface area contributed by atoms with E-state index < -0.39 is 6.10 Å². The molecule has 1 aromatic carbocycles. The normalized spacial score (nSPS) is 13.1. The highest BCUT2D eigenvalue weighted by atomic mass is 35.5. The Hall–Kier alpha value is -1.26. The predicted molar refractivity (Wildman–Crippen MR) is 75.5 cm³/mol. The second-order valence-electron chi connectivity index (χ2n) is 5.56. The molecule has 1 amide bonds. The number of aromatic hydroxyl groups is 1. The van der Waals surface area contributed by atoms with Gasteiger partial charge in [0.25, 0.3) is 5.91 Å². The van der Waals surface area contributed by atoms with E-state index in [-0.39, 0.29) is 22.6 Å². The van der Waals surface area contributed by atoms with E-state index in [0.29, 0.717) is 18.0 Å². The molecule has 0 saturated carbocycles. The van der Waals surface area contributed by atoms with Crippen LogP contribution in [0.1, 0.15) is 37.6 Å². The second kappa shape index (κ2) is 6.26. The molecule has 0 heterocycles. The lowest BCUT2D eigenvalue weighted by Crippen LogP contribution is -2.35. The Bertz CT molecular complexity index is 458. The zero-order valence-corrected chi connectivity index (χ0v) is 12.2. The highest BCUT2D eigenvalue weighted by molar-refractivity contribution is 6.31. The highest BCUT2D eigenvalue weighted by Gasteiger charge is 2.22. The van der Waals surface area contributed by atoms with E-state index in [1.54, 1.807) is 6.92 Å². The number of hydrogen-bond donors (Lipinski definition) is 3. The number of aliphatic hydroxyl groups is 1. The molecule has 0 fully saturated rings. The monoisotopic (exact) mass is 285 g/mol. The molecule has 1 atom stereocenters. The lowest BCUT2D eigenvalue weighted by molar-refractivity contribution is 0.0899. The molecule has 3 N–H and O–H groups in total. The lowest BCUT2D eigenvalue weighted by Gasteiger charge is -2.26. The molecule has 19 heavy (non-hydrogen) atoms. The molecule has 106 valence electrons. The van der Waals surface area contributed by atoms with E-state index >= 15 is 0 Å². The van der Waals surface area contributed by atoms with Crippen LogP contribution in [0.25, 0.3) is 0 Å². The van der Waals surface area contributed by atoms with E-state index in [1.165, 1.54) is 18.2 Å². The molecule has 4 nitrogen and oxygen atoms in total. The van der Waals surface area contributed by atoms with Crippen molar-refractivity contribution in [1.82, 2.24) is 5.32 Å². The summed E-state index contributed by atoms with van der Waals surface area (Å²) in [7, 11) is 0. The fourth-order valence-corrected chi connectivity index (χ4v) is 2.15. The van der Waals surface area contributed by atoms with Crippen molar-refractivity contribution >= 4 is 17.5 Å². The number of phenolic OH excluding ortho intramolecular Hbond substituents is 1. The van der Waals surface area contributed by atoms with Crippen LogP contribution in [0, 0.1) is 5.41 Å². The van der Waals surface area contributed by atoms with Crippen molar-refractivity contribution in [2.24, 2.45) is 5.41 Å². The first-order chi connectivity index (χ1) is 8.71. The first-order valence-corrected chi connectivity index (χ1v) is 6.54. The van der Waals surface area contributed by atoms with Gasteiger partial charge < -0.3 is 15.5 Å². The molecular weight excluding hydrogens is 266 g/mol. The summed E-state index contributed by atoms with van der Waals surface area (Å²) in [5.41, 5.74) is -0.0711. The van der Waals surface area contributed by atoms with Crippen molar-refractivity contribution in [2.45, 2.75) is 33.3 Å². The number of carbonyl (C=O) groups is 1. The fraction of sp³-hybridized carbons (Fsp3) is 0.500. The average Bonchev–Trinajstić information content (AvgIpc) is 2.27. The Morgan fingerprint density at radius 1 is 1.47 bits per heavy atom. The molecule has 5 heteroatoms. The van der Waals surface area contributed by atoms with Crippen LogP contribution >= 0.6 is 11.6 Å². The van der Waals surface area contributed by atoms with Gasteiger partial charge in [0.05, 0.1) is 11.7 Å². The van der Waals surface area contributed by atoms with Crippen molar-refractivity contribution in [2.75, 3.05) is 6.54 Å². The van der Waals surface area contributed by atoms with Crippen LogP contribution in [0.5, 0.6) is 5.75 Å². The molecular formula is C14H20ClNO3. The van der Waals surface area contributed by atoms with Crippen molar-refractivity contribution < 1.29 is 15.0 Å². The van der Waals surface area contributed by atoms with E-state index in [2.05, 4.69) is 5.32 Å². The molecule has 0 saturated heterocycles. The molecule has 0 aliphatic heterocycles. The van der Waals surface area contributed by atoms with Crippen LogP contribution in [0.4, 0.5) is 0 Å². The van der Waals surface area contributed by atoms with Gasteiger partial charge >= 0.3 is 0 Å². The van der Waals surface area contributed by atoms with Gasteiger partial charge in [-0.25, -0.2) is 0 Å². The number of amides is 1. The van der Waals surface area contributed by atoms with Gasteiger partial charge in [0, 0.05) is 11.6 Å². The van der Waals surface area contributed by atoms with Crippen LogP contribution in [0.3, 0.4) is 0 Å². The third kappa shape index (κ3) is 5.09. The molecule has 1 aromatic rings. The third-order valence-corrected chi connectivity index (χ3v) is 3.01. The van der Waals surface area contributed by atoms with Gasteiger partial charge in [-0.1, -0.05) is 25.4 Å². The van der Waals surface area contributed by atoms with Crippen molar-refractivity contribution in [3.05, 3.63) is 28.8 Å². The number of nitrogens with one attached hydrogen (secondary N) is 1. The first-order valence-electron chi connectivity index (χ1n) is 6.16.